The number of carboxylic acids is 1. The molecule has 3 rings (SSSR count). The topological polar surface area (TPSA) is 74.2 Å². The quantitative estimate of drug-likeness (QED) is 0.780. The number of carboxylic acid groups (broad SMARTS) is 1. The fraction of sp³-hybridized carbons (Fsp3) is 0.167. The molecule has 0 bridgehead atoms. The van der Waals surface area contributed by atoms with Crippen LogP contribution in [0.2, 0.25) is 0 Å². The molecular weight excluding hydrogens is 220 g/mol. The number of hydrogen-bond donors (Lipinski definition) is 1. The van der Waals surface area contributed by atoms with Gasteiger partial charge in [-0.05, 0) is 17.7 Å². The minimum absolute atomic E-state index is 0.0730. The molecular formula is C12H9N2O3-. The lowest BCUT2D eigenvalue weighted by Crippen LogP contribution is -2.27. The van der Waals surface area contributed by atoms with E-state index in [0.717, 1.165) is 22.2 Å². The molecule has 1 aromatic heterocycles. The average Bonchev–Trinajstić information content (AvgIpc) is 2.57. The lowest BCUT2D eigenvalue weighted by Gasteiger charge is -2.13. The van der Waals surface area contributed by atoms with Gasteiger partial charge in [-0.2, -0.15) is 0 Å². The number of nitrogens with one attached hydrogen (secondary N) is 1. The highest BCUT2D eigenvalue weighted by atomic mass is 16.4. The Bertz CT molecular complexity index is 642. The van der Waals surface area contributed by atoms with Crippen LogP contribution in [-0.4, -0.2) is 16.4 Å². The highest BCUT2D eigenvalue weighted by Gasteiger charge is 2.20. The molecule has 1 aliphatic rings. The van der Waals surface area contributed by atoms with E-state index in [9.17, 15) is 14.7 Å². The molecule has 0 atom stereocenters. The van der Waals surface area contributed by atoms with Gasteiger partial charge in [0.2, 0.25) is 5.91 Å². The van der Waals surface area contributed by atoms with Crippen molar-refractivity contribution in [2.45, 2.75) is 13.0 Å². The number of hydrogen-bond acceptors (Lipinski definition) is 3. The molecule has 0 radical (unpaired) electrons. The van der Waals surface area contributed by atoms with Crippen LogP contribution in [0.3, 0.4) is 0 Å². The van der Waals surface area contributed by atoms with Gasteiger partial charge in [0, 0.05) is 11.6 Å². The summed E-state index contributed by atoms with van der Waals surface area (Å²) in [6.45, 7) is -0.200. The third-order valence-corrected chi connectivity index (χ3v) is 2.91. The summed E-state index contributed by atoms with van der Waals surface area (Å²) in [5.74, 6) is -1.21. The van der Waals surface area contributed by atoms with Crippen molar-refractivity contribution >= 4 is 28.5 Å². The number of amides is 1. The number of aromatic nitrogens is 1. The third kappa shape index (κ3) is 1.47. The molecule has 5 nitrogen and oxygen atoms in total. The molecule has 5 heteroatoms. The van der Waals surface area contributed by atoms with Gasteiger partial charge in [0.05, 0.1) is 30.1 Å². The van der Waals surface area contributed by atoms with Crippen molar-refractivity contribution in [2.75, 3.05) is 5.32 Å². The van der Waals surface area contributed by atoms with Crippen molar-refractivity contribution in [1.82, 2.24) is 4.57 Å². The number of benzene rings is 1. The first-order valence-electron chi connectivity index (χ1n) is 5.25. The lowest BCUT2D eigenvalue weighted by atomic mass is 10.0. The maximum atomic E-state index is 11.4. The van der Waals surface area contributed by atoms with Crippen molar-refractivity contribution in [3.05, 3.63) is 30.0 Å². The monoisotopic (exact) mass is 229 g/mol. The molecule has 1 N–H and O–H groups in total. The summed E-state index contributed by atoms with van der Waals surface area (Å²) < 4.78 is 1.60. The van der Waals surface area contributed by atoms with Crippen LogP contribution in [0.1, 0.15) is 5.56 Å². The number of nitrogens with zero attached hydrogens (tertiary/aromatic N) is 1. The normalized spacial score (nSPS) is 13.8. The Morgan fingerprint density at radius 2 is 2.29 bits per heavy atom. The smallest absolute Gasteiger partial charge is 0.228 e. The second-order valence-electron chi connectivity index (χ2n) is 4.08. The molecule has 1 aliphatic heterocycles. The molecule has 1 amide bonds. The van der Waals surface area contributed by atoms with E-state index in [0.29, 0.717) is 0 Å². The van der Waals surface area contributed by atoms with Crippen LogP contribution >= 0.6 is 0 Å². The zero-order valence-electron chi connectivity index (χ0n) is 8.90. The second-order valence-corrected chi connectivity index (χ2v) is 4.08. The molecule has 0 aliphatic carbocycles. The Hall–Kier alpha value is -2.30. The Morgan fingerprint density at radius 1 is 1.47 bits per heavy atom. The summed E-state index contributed by atoms with van der Waals surface area (Å²) in [4.78, 5) is 22.1. The van der Waals surface area contributed by atoms with Gasteiger partial charge in [0.25, 0.3) is 0 Å². The predicted molar refractivity (Wildman–Crippen MR) is 59.3 cm³/mol. The van der Waals surface area contributed by atoms with Crippen LogP contribution < -0.4 is 10.4 Å². The van der Waals surface area contributed by atoms with Crippen LogP contribution in [-0.2, 0) is 22.6 Å². The van der Waals surface area contributed by atoms with E-state index in [-0.39, 0.29) is 18.9 Å². The van der Waals surface area contributed by atoms with Crippen molar-refractivity contribution in [1.29, 1.82) is 0 Å². The summed E-state index contributed by atoms with van der Waals surface area (Å²) in [5, 5.41) is 14.4. The van der Waals surface area contributed by atoms with Crippen LogP contribution in [0.25, 0.3) is 10.9 Å². The van der Waals surface area contributed by atoms with Gasteiger partial charge < -0.3 is 19.8 Å². The van der Waals surface area contributed by atoms with Gasteiger partial charge in [-0.15, -0.1) is 0 Å². The number of aliphatic carboxylic acids is 1. The van der Waals surface area contributed by atoms with E-state index in [2.05, 4.69) is 5.32 Å². The molecule has 0 saturated heterocycles. The highest BCUT2D eigenvalue weighted by Crippen LogP contribution is 2.32. The van der Waals surface area contributed by atoms with Crippen LogP contribution in [0.15, 0.2) is 24.4 Å². The summed E-state index contributed by atoms with van der Waals surface area (Å²) in [5.41, 5.74) is 2.41. The number of rotatable bonds is 2. The maximum absolute atomic E-state index is 11.4. The van der Waals surface area contributed by atoms with Gasteiger partial charge in [0.1, 0.15) is 0 Å². The van der Waals surface area contributed by atoms with E-state index in [1.807, 2.05) is 12.1 Å². The Balaban J connectivity index is 2.26. The molecule has 2 heterocycles. The van der Waals surface area contributed by atoms with E-state index >= 15 is 0 Å². The SMILES string of the molecule is O=C([O-])Cn1cc2c3c(cccc31)NC(=O)C2. The zero-order chi connectivity index (χ0) is 12.0. The first-order valence-corrected chi connectivity index (χ1v) is 5.25. The number of carbonyl (C=O) groups is 2. The zero-order valence-corrected chi connectivity index (χ0v) is 8.90. The lowest BCUT2D eigenvalue weighted by molar-refractivity contribution is -0.306. The Kier molecular flexibility index (Phi) is 1.95. The molecule has 0 unspecified atom stereocenters. The summed E-state index contributed by atoms with van der Waals surface area (Å²) in [6, 6.07) is 5.44. The van der Waals surface area contributed by atoms with Gasteiger partial charge in [0.15, 0.2) is 0 Å². The van der Waals surface area contributed by atoms with Crippen molar-refractivity contribution in [3.8, 4) is 0 Å². The molecule has 0 saturated carbocycles. The highest BCUT2D eigenvalue weighted by molar-refractivity contribution is 6.09. The van der Waals surface area contributed by atoms with Crippen LogP contribution in [0, 0.1) is 0 Å². The van der Waals surface area contributed by atoms with E-state index < -0.39 is 5.97 Å². The minimum Gasteiger partial charge on any atom is -0.548 e. The summed E-state index contributed by atoms with van der Waals surface area (Å²) >= 11 is 0. The predicted octanol–water partition coefficient (Wildman–Crippen LogP) is -0.114. The Labute approximate surface area is 96.7 Å². The molecule has 17 heavy (non-hydrogen) atoms. The van der Waals surface area contributed by atoms with Gasteiger partial charge >= 0.3 is 0 Å². The fourth-order valence-corrected chi connectivity index (χ4v) is 2.31. The van der Waals surface area contributed by atoms with Gasteiger partial charge in [-0.1, -0.05) is 6.07 Å². The van der Waals surface area contributed by atoms with E-state index in [1.54, 1.807) is 16.8 Å². The van der Waals surface area contributed by atoms with Gasteiger partial charge in [-0.25, -0.2) is 0 Å². The summed E-state index contributed by atoms with van der Waals surface area (Å²) in [6.07, 6.45) is 2.00. The largest absolute Gasteiger partial charge is 0.548 e. The maximum Gasteiger partial charge on any atom is 0.228 e. The average molecular weight is 229 g/mol. The third-order valence-electron chi connectivity index (χ3n) is 2.91. The molecule has 0 fully saturated rings. The van der Waals surface area contributed by atoms with E-state index in [1.165, 1.54) is 0 Å². The minimum atomic E-state index is -1.14. The first-order chi connectivity index (χ1) is 8.15. The van der Waals surface area contributed by atoms with Crippen molar-refractivity contribution < 1.29 is 14.7 Å². The van der Waals surface area contributed by atoms with Crippen molar-refractivity contribution in [2.24, 2.45) is 0 Å². The van der Waals surface area contributed by atoms with Gasteiger partial charge in [-0.3, -0.25) is 4.79 Å². The first kappa shape index (κ1) is 9.89. The standard InChI is InChI=1S/C12H10N2O3/c15-10-4-7-5-14(6-11(16)17)9-3-1-2-8(13-10)12(7)9/h1-3,5H,4,6H2,(H,13,15)(H,16,17)/p-1. The number of anilines is 1. The second kappa shape index (κ2) is 3.35. The summed E-state index contributed by atoms with van der Waals surface area (Å²) in [7, 11) is 0. The van der Waals surface area contributed by atoms with Crippen LogP contribution in [0.5, 0.6) is 0 Å². The number of carbonyl (C=O) groups excluding carboxylic acids is 2. The molecule has 86 valence electrons. The Morgan fingerprint density at radius 3 is 3.06 bits per heavy atom. The fourth-order valence-electron chi connectivity index (χ4n) is 2.31. The van der Waals surface area contributed by atoms with Crippen LogP contribution in [0.4, 0.5) is 5.69 Å². The van der Waals surface area contributed by atoms with E-state index in [4.69, 9.17) is 0 Å². The molecule has 2 aromatic rings. The molecule has 0 spiro atoms. The van der Waals surface area contributed by atoms with Crippen molar-refractivity contribution in [3.63, 3.8) is 0 Å². The molecule has 1 aromatic carbocycles.